The Labute approximate surface area is 98.9 Å². The third-order valence-corrected chi connectivity index (χ3v) is 1.01. The average Bonchev–Trinajstić information content (AvgIpc) is 2.07. The molecule has 66 valence electrons. The molecule has 0 aliphatic carbocycles. The van der Waals surface area contributed by atoms with Crippen molar-refractivity contribution in [2.45, 2.75) is 0 Å². The van der Waals surface area contributed by atoms with Crippen molar-refractivity contribution in [1.82, 2.24) is 0 Å². The van der Waals surface area contributed by atoms with Gasteiger partial charge in [-0.25, -0.2) is 5.90 Å². The Morgan fingerprint density at radius 2 is 1.77 bits per heavy atom. The summed E-state index contributed by atoms with van der Waals surface area (Å²) in [7, 11) is 1.40. The van der Waals surface area contributed by atoms with Crippen LogP contribution in [0, 0.1) is 0 Å². The Morgan fingerprint density at radius 3 is 2.00 bits per heavy atom. The van der Waals surface area contributed by atoms with Crippen LogP contribution in [0.3, 0.4) is 0 Å². The van der Waals surface area contributed by atoms with Crippen LogP contribution in [0.25, 0.3) is 0 Å². The van der Waals surface area contributed by atoms with Crippen LogP contribution >= 0.6 is 0 Å². The zero-order valence-electron chi connectivity index (χ0n) is 7.69. The zero-order chi connectivity index (χ0) is 9.40. The van der Waals surface area contributed by atoms with E-state index in [1.54, 1.807) is 18.2 Å². The van der Waals surface area contributed by atoms with Crippen molar-refractivity contribution >= 4 is 5.97 Å². The predicted molar refractivity (Wildman–Crippen MR) is 42.0 cm³/mol. The number of aromatic carboxylic acids is 1. The van der Waals surface area contributed by atoms with Crippen molar-refractivity contribution in [3.8, 4) is 0 Å². The standard InChI is InChI=1S/C7H6O2.CH5NO.Na/c8-7(9)6-4-2-1-3-5-6;1-3-2;/h1-5H,(H,8,9);2H2,1H3;/q;;+1/p-1. The fourth-order valence-corrected chi connectivity index (χ4v) is 0.574. The Balaban J connectivity index is 0. The van der Waals surface area contributed by atoms with Gasteiger partial charge in [0.25, 0.3) is 0 Å². The smallest absolute Gasteiger partial charge is 0.545 e. The largest absolute Gasteiger partial charge is 1.00 e. The molecule has 13 heavy (non-hydrogen) atoms. The van der Waals surface area contributed by atoms with Gasteiger partial charge in [0, 0.05) is 0 Å². The first-order chi connectivity index (χ1) is 5.72. The molecule has 0 radical (unpaired) electrons. The molecule has 0 heterocycles. The number of carboxylic acids is 1. The van der Waals surface area contributed by atoms with E-state index in [0.717, 1.165) is 0 Å². The molecule has 0 unspecified atom stereocenters. The maximum absolute atomic E-state index is 10.1. The summed E-state index contributed by atoms with van der Waals surface area (Å²) in [5.41, 5.74) is 0.220. The van der Waals surface area contributed by atoms with Gasteiger partial charge in [-0.1, -0.05) is 30.3 Å². The van der Waals surface area contributed by atoms with Crippen LogP contribution in [-0.2, 0) is 4.84 Å². The number of carbonyl (C=O) groups is 1. The SMILES string of the molecule is CON.O=C([O-])c1ccccc1.[Na+]. The molecule has 0 aliphatic rings. The van der Waals surface area contributed by atoms with E-state index >= 15 is 0 Å². The first kappa shape index (κ1) is 15.1. The first-order valence-corrected chi connectivity index (χ1v) is 3.21. The summed E-state index contributed by atoms with van der Waals surface area (Å²) in [5.74, 6) is 3.22. The number of hydrogen-bond acceptors (Lipinski definition) is 4. The van der Waals surface area contributed by atoms with Crippen LogP contribution in [0.5, 0.6) is 0 Å². The van der Waals surface area contributed by atoms with Gasteiger partial charge in [-0.15, -0.1) is 0 Å². The second-order valence-corrected chi connectivity index (χ2v) is 1.89. The summed E-state index contributed by atoms with van der Waals surface area (Å²) in [6.45, 7) is 0. The van der Waals surface area contributed by atoms with Crippen molar-refractivity contribution in [2.75, 3.05) is 7.11 Å². The molecule has 0 bridgehead atoms. The molecule has 2 N–H and O–H groups in total. The fraction of sp³-hybridized carbons (Fsp3) is 0.125. The van der Waals surface area contributed by atoms with Gasteiger partial charge in [0.1, 0.15) is 0 Å². The van der Waals surface area contributed by atoms with E-state index in [4.69, 9.17) is 0 Å². The molecule has 5 heteroatoms. The van der Waals surface area contributed by atoms with Crippen molar-refractivity contribution < 1.29 is 44.3 Å². The van der Waals surface area contributed by atoms with Gasteiger partial charge in [0.05, 0.1) is 13.1 Å². The summed E-state index contributed by atoms with van der Waals surface area (Å²) in [6.07, 6.45) is 0. The minimum atomic E-state index is -1.13. The van der Waals surface area contributed by atoms with E-state index in [9.17, 15) is 9.90 Å². The van der Waals surface area contributed by atoms with Crippen LogP contribution in [0.1, 0.15) is 10.4 Å². The molecule has 0 fully saturated rings. The molecule has 0 aliphatic heterocycles. The minimum absolute atomic E-state index is 0. The number of carbonyl (C=O) groups excluding carboxylic acids is 1. The van der Waals surface area contributed by atoms with Crippen molar-refractivity contribution in [3.63, 3.8) is 0 Å². The van der Waals surface area contributed by atoms with Crippen molar-refractivity contribution in [3.05, 3.63) is 35.9 Å². The number of rotatable bonds is 1. The second kappa shape index (κ2) is 9.70. The van der Waals surface area contributed by atoms with Crippen LogP contribution in [-0.4, -0.2) is 13.1 Å². The Bertz CT molecular complexity index is 228. The van der Waals surface area contributed by atoms with Crippen molar-refractivity contribution in [1.29, 1.82) is 0 Å². The van der Waals surface area contributed by atoms with Crippen LogP contribution < -0.4 is 40.6 Å². The fourth-order valence-electron chi connectivity index (χ4n) is 0.574. The van der Waals surface area contributed by atoms with E-state index in [-0.39, 0.29) is 35.1 Å². The molecule has 1 aromatic rings. The van der Waals surface area contributed by atoms with Gasteiger partial charge >= 0.3 is 29.6 Å². The first-order valence-electron chi connectivity index (χ1n) is 3.21. The molecule has 0 saturated heterocycles. The van der Waals surface area contributed by atoms with Gasteiger partial charge < -0.3 is 14.7 Å². The summed E-state index contributed by atoms with van der Waals surface area (Å²) >= 11 is 0. The Hall–Kier alpha value is -0.390. The molecule has 1 rings (SSSR count). The van der Waals surface area contributed by atoms with E-state index < -0.39 is 5.97 Å². The van der Waals surface area contributed by atoms with Crippen LogP contribution in [0.4, 0.5) is 0 Å². The van der Waals surface area contributed by atoms with Crippen LogP contribution in [0.15, 0.2) is 30.3 Å². The molecule has 0 amide bonds. The third kappa shape index (κ3) is 7.95. The average molecular weight is 191 g/mol. The molecular weight excluding hydrogens is 181 g/mol. The van der Waals surface area contributed by atoms with Gasteiger partial charge in [-0.2, -0.15) is 0 Å². The van der Waals surface area contributed by atoms with E-state index in [0.29, 0.717) is 0 Å². The quantitative estimate of drug-likeness (QED) is 0.370. The summed E-state index contributed by atoms with van der Waals surface area (Å²) < 4.78 is 0. The molecule has 4 nitrogen and oxygen atoms in total. The van der Waals surface area contributed by atoms with Gasteiger partial charge in [-0.05, 0) is 5.56 Å². The van der Waals surface area contributed by atoms with Gasteiger partial charge in [0.2, 0.25) is 0 Å². The maximum Gasteiger partial charge on any atom is 1.00 e. The topological polar surface area (TPSA) is 75.4 Å². The Kier molecular flexibility index (Phi) is 11.3. The number of carboxylic acid groups (broad SMARTS) is 1. The van der Waals surface area contributed by atoms with Gasteiger partial charge in [0.15, 0.2) is 0 Å². The maximum atomic E-state index is 10.1. The minimum Gasteiger partial charge on any atom is -0.545 e. The molecule has 0 saturated carbocycles. The van der Waals surface area contributed by atoms with E-state index in [1.807, 2.05) is 0 Å². The normalized spacial score (nSPS) is 7.54. The third-order valence-electron chi connectivity index (χ3n) is 1.01. The molecule has 0 atom stereocenters. The molecular formula is C8H10NNaO3. The predicted octanol–water partition coefficient (Wildman–Crippen LogP) is -3.44. The molecule has 0 aromatic heterocycles. The van der Waals surface area contributed by atoms with E-state index in [2.05, 4.69) is 10.7 Å². The second-order valence-electron chi connectivity index (χ2n) is 1.89. The van der Waals surface area contributed by atoms with Crippen molar-refractivity contribution in [2.24, 2.45) is 5.90 Å². The zero-order valence-corrected chi connectivity index (χ0v) is 9.69. The summed E-state index contributed by atoms with van der Waals surface area (Å²) in [4.78, 5) is 13.8. The molecule has 0 spiro atoms. The van der Waals surface area contributed by atoms with E-state index in [1.165, 1.54) is 19.2 Å². The summed E-state index contributed by atoms with van der Waals surface area (Å²) in [5, 5.41) is 10.1. The number of benzene rings is 1. The van der Waals surface area contributed by atoms with Crippen LogP contribution in [0.2, 0.25) is 0 Å². The monoisotopic (exact) mass is 191 g/mol. The molecule has 1 aromatic carbocycles. The Morgan fingerprint density at radius 1 is 1.38 bits per heavy atom. The van der Waals surface area contributed by atoms with Gasteiger partial charge in [-0.3, -0.25) is 0 Å². The summed E-state index contributed by atoms with van der Waals surface area (Å²) in [6, 6.07) is 8.06. The number of nitrogens with two attached hydrogens (primary N) is 1. The number of hydrogen-bond donors (Lipinski definition) is 1.